The third kappa shape index (κ3) is 15.0. The molecule has 0 fully saturated rings. The van der Waals surface area contributed by atoms with E-state index in [9.17, 15) is 13.0 Å². The summed E-state index contributed by atoms with van der Waals surface area (Å²) in [7, 11) is -4.22. The standard InChI is InChI=1S/C36H60O3S/c1-3-5-7-9-11-13-15-17-19-21-23-25-32-27-28-36-33(30-35(40(37,38)39)31-34(36)29-32)26-24-22-20-18-16-14-12-10-8-6-4-2/h27-31H,3-26H2,1-2H3,(H,37,38,39). The molecular formula is C36H60O3S. The maximum Gasteiger partial charge on any atom is 0.294 e. The number of unbranched alkanes of at least 4 members (excludes halogenated alkanes) is 20. The number of hydrogen-bond donors (Lipinski definition) is 1. The molecule has 0 heterocycles. The van der Waals surface area contributed by atoms with Crippen molar-refractivity contribution < 1.29 is 13.0 Å². The Balaban J connectivity index is 1.77. The topological polar surface area (TPSA) is 54.4 Å². The maximum absolute atomic E-state index is 12.0. The zero-order chi connectivity index (χ0) is 28.9. The van der Waals surface area contributed by atoms with Gasteiger partial charge in [0.2, 0.25) is 0 Å². The highest BCUT2D eigenvalue weighted by Gasteiger charge is 2.14. The SMILES string of the molecule is CCCCCCCCCCCCCc1ccc2c(CCCCCCCCCCCCC)cc(S(=O)(=O)O)cc2c1. The van der Waals surface area contributed by atoms with Crippen LogP contribution in [-0.4, -0.2) is 13.0 Å². The molecule has 4 heteroatoms. The van der Waals surface area contributed by atoms with E-state index in [0.29, 0.717) is 0 Å². The summed E-state index contributed by atoms with van der Waals surface area (Å²) in [6.45, 7) is 4.53. The van der Waals surface area contributed by atoms with Crippen LogP contribution in [0.15, 0.2) is 35.2 Å². The highest BCUT2D eigenvalue weighted by atomic mass is 32.2. The van der Waals surface area contributed by atoms with Gasteiger partial charge >= 0.3 is 0 Å². The van der Waals surface area contributed by atoms with Crippen molar-refractivity contribution in [2.75, 3.05) is 0 Å². The monoisotopic (exact) mass is 572 g/mol. The summed E-state index contributed by atoms with van der Waals surface area (Å²) in [6, 6.07) is 9.88. The van der Waals surface area contributed by atoms with E-state index in [0.717, 1.165) is 35.6 Å². The Labute approximate surface area is 247 Å². The third-order valence-corrected chi connectivity index (χ3v) is 9.32. The van der Waals surface area contributed by atoms with Gasteiger partial charge in [-0.2, -0.15) is 8.42 Å². The van der Waals surface area contributed by atoms with E-state index >= 15 is 0 Å². The fourth-order valence-electron chi connectivity index (χ4n) is 5.95. The van der Waals surface area contributed by atoms with Crippen LogP contribution in [0, 0.1) is 0 Å². The number of hydrogen-bond acceptors (Lipinski definition) is 2. The fraction of sp³-hybridized carbons (Fsp3) is 0.722. The second kappa shape index (κ2) is 21.3. The van der Waals surface area contributed by atoms with Gasteiger partial charge in [0.15, 0.2) is 0 Å². The van der Waals surface area contributed by atoms with E-state index in [1.165, 1.54) is 140 Å². The lowest BCUT2D eigenvalue weighted by atomic mass is 9.96. The zero-order valence-electron chi connectivity index (χ0n) is 26.0. The van der Waals surface area contributed by atoms with Gasteiger partial charge in [-0.3, -0.25) is 4.55 Å². The average Bonchev–Trinajstić information content (AvgIpc) is 2.93. The van der Waals surface area contributed by atoms with Crippen LogP contribution < -0.4 is 0 Å². The maximum atomic E-state index is 12.0. The Bertz CT molecular complexity index is 1030. The van der Waals surface area contributed by atoms with Gasteiger partial charge in [0.25, 0.3) is 10.1 Å². The molecule has 0 aliphatic heterocycles. The Hall–Kier alpha value is -1.39. The van der Waals surface area contributed by atoms with Crippen LogP contribution in [0.2, 0.25) is 0 Å². The summed E-state index contributed by atoms with van der Waals surface area (Å²) in [4.78, 5) is 0.0323. The van der Waals surface area contributed by atoms with Crippen molar-refractivity contribution in [1.82, 2.24) is 0 Å². The minimum absolute atomic E-state index is 0.0323. The van der Waals surface area contributed by atoms with Crippen molar-refractivity contribution in [1.29, 1.82) is 0 Å². The molecule has 2 rings (SSSR count). The quantitative estimate of drug-likeness (QED) is 0.0950. The van der Waals surface area contributed by atoms with Crippen LogP contribution in [0.4, 0.5) is 0 Å². The second-order valence-corrected chi connectivity index (χ2v) is 13.6. The van der Waals surface area contributed by atoms with Gasteiger partial charge in [-0.1, -0.05) is 160 Å². The normalized spacial score (nSPS) is 12.0. The van der Waals surface area contributed by atoms with Crippen LogP contribution in [0.5, 0.6) is 0 Å². The Morgan fingerprint density at radius 2 is 0.950 bits per heavy atom. The van der Waals surface area contributed by atoms with Gasteiger partial charge < -0.3 is 0 Å². The predicted octanol–water partition coefficient (Wildman–Crippen LogP) is 11.8. The molecular weight excluding hydrogens is 512 g/mol. The second-order valence-electron chi connectivity index (χ2n) is 12.2. The minimum Gasteiger partial charge on any atom is -0.282 e. The zero-order valence-corrected chi connectivity index (χ0v) is 26.8. The molecule has 0 atom stereocenters. The number of fused-ring (bicyclic) bond motifs is 1. The van der Waals surface area contributed by atoms with Crippen molar-refractivity contribution in [3.05, 3.63) is 41.5 Å². The summed E-state index contributed by atoms with van der Waals surface area (Å²) in [5.41, 5.74) is 2.30. The molecule has 0 spiro atoms. The molecule has 0 saturated heterocycles. The van der Waals surface area contributed by atoms with Gasteiger partial charge in [0.05, 0.1) is 4.90 Å². The summed E-state index contributed by atoms with van der Waals surface area (Å²) in [6.07, 6.45) is 30.8. The first-order valence-electron chi connectivity index (χ1n) is 17.0. The molecule has 228 valence electrons. The van der Waals surface area contributed by atoms with E-state index in [1.54, 1.807) is 12.1 Å². The van der Waals surface area contributed by atoms with Crippen LogP contribution in [-0.2, 0) is 23.0 Å². The molecule has 0 bridgehead atoms. The molecule has 0 amide bonds. The Morgan fingerprint density at radius 3 is 1.40 bits per heavy atom. The molecule has 0 aliphatic rings. The van der Waals surface area contributed by atoms with E-state index in [4.69, 9.17) is 0 Å². The van der Waals surface area contributed by atoms with Gasteiger partial charge in [-0.15, -0.1) is 0 Å². The fourth-order valence-corrected chi connectivity index (χ4v) is 6.52. The van der Waals surface area contributed by atoms with Crippen LogP contribution in [0.1, 0.15) is 166 Å². The lowest BCUT2D eigenvalue weighted by molar-refractivity contribution is 0.483. The first kappa shape index (κ1) is 34.8. The van der Waals surface area contributed by atoms with E-state index in [1.807, 2.05) is 0 Å². The lowest BCUT2D eigenvalue weighted by Crippen LogP contribution is -2.01. The molecule has 40 heavy (non-hydrogen) atoms. The molecule has 0 radical (unpaired) electrons. The van der Waals surface area contributed by atoms with Crippen molar-refractivity contribution in [2.45, 2.75) is 173 Å². The number of aryl methyl sites for hydroxylation is 2. The number of benzene rings is 2. The molecule has 0 unspecified atom stereocenters. The average molecular weight is 573 g/mol. The van der Waals surface area contributed by atoms with Gasteiger partial charge in [-0.25, -0.2) is 0 Å². The molecule has 3 nitrogen and oxygen atoms in total. The summed E-state index contributed by atoms with van der Waals surface area (Å²) < 4.78 is 33.8. The Kier molecular flexibility index (Phi) is 18.6. The Morgan fingerprint density at radius 1 is 0.525 bits per heavy atom. The largest absolute Gasteiger partial charge is 0.294 e. The van der Waals surface area contributed by atoms with Crippen molar-refractivity contribution in [3.8, 4) is 0 Å². The molecule has 0 aromatic heterocycles. The predicted molar refractivity (Wildman–Crippen MR) is 174 cm³/mol. The third-order valence-electron chi connectivity index (χ3n) is 8.49. The van der Waals surface area contributed by atoms with Crippen molar-refractivity contribution in [3.63, 3.8) is 0 Å². The summed E-state index contributed by atoms with van der Waals surface area (Å²) in [5, 5.41) is 2.07. The molecule has 0 saturated carbocycles. The first-order valence-corrected chi connectivity index (χ1v) is 18.4. The molecule has 0 aliphatic carbocycles. The van der Waals surface area contributed by atoms with Crippen molar-refractivity contribution >= 4 is 20.9 Å². The number of rotatable bonds is 25. The van der Waals surface area contributed by atoms with E-state index < -0.39 is 10.1 Å². The molecule has 2 aromatic carbocycles. The van der Waals surface area contributed by atoms with Gasteiger partial charge in [0.1, 0.15) is 0 Å². The lowest BCUT2D eigenvalue weighted by Gasteiger charge is -2.11. The summed E-state index contributed by atoms with van der Waals surface area (Å²) in [5.74, 6) is 0. The smallest absolute Gasteiger partial charge is 0.282 e. The van der Waals surface area contributed by atoms with Gasteiger partial charge in [0, 0.05) is 0 Å². The highest BCUT2D eigenvalue weighted by molar-refractivity contribution is 7.85. The first-order chi connectivity index (χ1) is 19.5. The summed E-state index contributed by atoms with van der Waals surface area (Å²) >= 11 is 0. The highest BCUT2D eigenvalue weighted by Crippen LogP contribution is 2.27. The van der Waals surface area contributed by atoms with E-state index in [-0.39, 0.29) is 4.90 Å². The van der Waals surface area contributed by atoms with Crippen LogP contribution >= 0.6 is 0 Å². The van der Waals surface area contributed by atoms with Crippen molar-refractivity contribution in [2.24, 2.45) is 0 Å². The van der Waals surface area contributed by atoms with Crippen LogP contribution in [0.25, 0.3) is 10.8 Å². The molecule has 2 aromatic rings. The molecule has 1 N–H and O–H groups in total. The van der Waals surface area contributed by atoms with Crippen LogP contribution in [0.3, 0.4) is 0 Å². The minimum atomic E-state index is -4.22. The van der Waals surface area contributed by atoms with E-state index in [2.05, 4.69) is 32.0 Å². The van der Waals surface area contributed by atoms with Gasteiger partial charge in [-0.05, 0) is 59.7 Å².